The van der Waals surface area contributed by atoms with Gasteiger partial charge in [0.1, 0.15) is 17.4 Å². The lowest BCUT2D eigenvalue weighted by Crippen LogP contribution is -2.19. The van der Waals surface area contributed by atoms with Crippen LogP contribution in [0.25, 0.3) is 5.69 Å². The molecule has 28 heavy (non-hydrogen) atoms. The van der Waals surface area contributed by atoms with E-state index in [9.17, 15) is 9.18 Å². The molecule has 1 aromatic heterocycles. The van der Waals surface area contributed by atoms with Gasteiger partial charge in [-0.25, -0.2) is 9.07 Å². The molecule has 0 atom stereocenters. The van der Waals surface area contributed by atoms with Crippen LogP contribution in [0.4, 0.5) is 10.2 Å². The van der Waals surface area contributed by atoms with Crippen LogP contribution in [0.5, 0.6) is 5.75 Å². The standard InChI is InChI=1S/C20H17ClFN3O2S/c1-27-13-7-5-12(6-8-13)25-20(15-10-28-11-18(15)24-25)23-19(26)9-14-16(21)3-2-4-17(14)22/h2-8H,9-11H2,1H3,(H,23,26). The maximum atomic E-state index is 14.0. The van der Waals surface area contributed by atoms with E-state index in [0.29, 0.717) is 5.82 Å². The van der Waals surface area contributed by atoms with Gasteiger partial charge in [0.25, 0.3) is 0 Å². The highest BCUT2D eigenvalue weighted by Crippen LogP contribution is 2.36. The summed E-state index contributed by atoms with van der Waals surface area (Å²) >= 11 is 7.79. The molecule has 1 aliphatic heterocycles. The molecule has 0 spiro atoms. The molecular formula is C20H17ClFN3O2S. The van der Waals surface area contributed by atoms with Gasteiger partial charge in [0.2, 0.25) is 5.91 Å². The number of aromatic nitrogens is 2. The van der Waals surface area contributed by atoms with Crippen LogP contribution in [0.3, 0.4) is 0 Å². The number of carbonyl (C=O) groups excluding carboxylic acids is 1. The summed E-state index contributed by atoms with van der Waals surface area (Å²) in [5.41, 5.74) is 2.93. The van der Waals surface area contributed by atoms with Gasteiger partial charge in [0.15, 0.2) is 0 Å². The smallest absolute Gasteiger partial charge is 0.230 e. The van der Waals surface area contributed by atoms with Gasteiger partial charge in [0.05, 0.1) is 24.9 Å². The molecule has 2 aromatic carbocycles. The minimum atomic E-state index is -0.493. The number of benzene rings is 2. The number of carbonyl (C=O) groups is 1. The van der Waals surface area contributed by atoms with Crippen molar-refractivity contribution < 1.29 is 13.9 Å². The molecule has 5 nitrogen and oxygen atoms in total. The Kier molecular flexibility index (Phi) is 5.28. The number of ether oxygens (including phenoxy) is 1. The summed E-state index contributed by atoms with van der Waals surface area (Å²) in [6.45, 7) is 0. The highest BCUT2D eigenvalue weighted by molar-refractivity contribution is 7.98. The van der Waals surface area contributed by atoms with E-state index < -0.39 is 5.82 Å². The molecule has 0 fully saturated rings. The minimum Gasteiger partial charge on any atom is -0.497 e. The fourth-order valence-corrected chi connectivity index (χ4v) is 4.35. The summed E-state index contributed by atoms with van der Waals surface area (Å²) in [6, 6.07) is 11.8. The third kappa shape index (κ3) is 3.59. The zero-order valence-corrected chi connectivity index (χ0v) is 16.6. The molecule has 8 heteroatoms. The molecule has 0 saturated carbocycles. The number of fused-ring (bicyclic) bond motifs is 1. The van der Waals surface area contributed by atoms with Gasteiger partial charge in [-0.15, -0.1) is 0 Å². The molecule has 1 aliphatic rings. The van der Waals surface area contributed by atoms with Crippen molar-refractivity contribution in [1.82, 2.24) is 9.78 Å². The molecule has 1 N–H and O–H groups in total. The number of halogens is 2. The largest absolute Gasteiger partial charge is 0.497 e. The number of nitrogens with zero attached hydrogens (tertiary/aromatic N) is 2. The van der Waals surface area contributed by atoms with Crippen molar-refractivity contribution in [2.45, 2.75) is 17.9 Å². The molecule has 0 aliphatic carbocycles. The monoisotopic (exact) mass is 417 g/mol. The highest BCUT2D eigenvalue weighted by atomic mass is 35.5. The molecular weight excluding hydrogens is 401 g/mol. The van der Waals surface area contributed by atoms with Crippen molar-refractivity contribution in [3.05, 3.63) is 70.1 Å². The van der Waals surface area contributed by atoms with Crippen LogP contribution in [0, 0.1) is 5.82 Å². The van der Waals surface area contributed by atoms with Crippen molar-refractivity contribution in [2.75, 3.05) is 12.4 Å². The summed E-state index contributed by atoms with van der Waals surface area (Å²) in [5.74, 6) is 2.07. The molecule has 0 unspecified atom stereocenters. The van der Waals surface area contributed by atoms with Crippen LogP contribution in [-0.4, -0.2) is 22.8 Å². The summed E-state index contributed by atoms with van der Waals surface area (Å²) in [4.78, 5) is 12.7. The van der Waals surface area contributed by atoms with E-state index >= 15 is 0 Å². The zero-order chi connectivity index (χ0) is 19.7. The average molecular weight is 418 g/mol. The van der Waals surface area contributed by atoms with Gasteiger partial charge >= 0.3 is 0 Å². The van der Waals surface area contributed by atoms with Gasteiger partial charge in [-0.2, -0.15) is 16.9 Å². The molecule has 0 saturated heterocycles. The third-order valence-electron chi connectivity index (χ3n) is 4.53. The number of hydrogen-bond donors (Lipinski definition) is 1. The normalized spacial score (nSPS) is 12.7. The molecule has 144 valence electrons. The van der Waals surface area contributed by atoms with E-state index in [4.69, 9.17) is 16.3 Å². The van der Waals surface area contributed by atoms with E-state index in [1.807, 2.05) is 24.3 Å². The van der Waals surface area contributed by atoms with Gasteiger partial charge in [-0.1, -0.05) is 17.7 Å². The number of amides is 1. The predicted octanol–water partition coefficient (Wildman–Crippen LogP) is 4.60. The van der Waals surface area contributed by atoms with Crippen molar-refractivity contribution >= 4 is 35.1 Å². The van der Waals surface area contributed by atoms with Gasteiger partial charge in [0, 0.05) is 27.7 Å². The Balaban J connectivity index is 1.64. The highest BCUT2D eigenvalue weighted by Gasteiger charge is 2.25. The second kappa shape index (κ2) is 7.85. The lowest BCUT2D eigenvalue weighted by atomic mass is 10.1. The molecule has 0 radical (unpaired) electrons. The molecule has 3 aromatic rings. The molecule has 0 bridgehead atoms. The summed E-state index contributed by atoms with van der Waals surface area (Å²) in [7, 11) is 1.61. The maximum Gasteiger partial charge on any atom is 0.230 e. The fraction of sp³-hybridized carbons (Fsp3) is 0.200. The predicted molar refractivity (Wildman–Crippen MR) is 109 cm³/mol. The Bertz CT molecular complexity index is 1020. The van der Waals surface area contributed by atoms with E-state index in [-0.39, 0.29) is 22.9 Å². The van der Waals surface area contributed by atoms with E-state index in [1.54, 1.807) is 29.6 Å². The first-order chi connectivity index (χ1) is 13.6. The van der Waals surface area contributed by atoms with Crippen LogP contribution in [-0.2, 0) is 22.7 Å². The van der Waals surface area contributed by atoms with Crippen molar-refractivity contribution in [3.63, 3.8) is 0 Å². The average Bonchev–Trinajstić information content (AvgIpc) is 3.28. The number of methoxy groups -OCH3 is 1. The number of nitrogens with one attached hydrogen (secondary N) is 1. The zero-order valence-electron chi connectivity index (χ0n) is 15.0. The van der Waals surface area contributed by atoms with Crippen molar-refractivity contribution in [2.24, 2.45) is 0 Å². The number of anilines is 1. The Morgan fingerprint density at radius 1 is 1.29 bits per heavy atom. The molecule has 2 heterocycles. The topological polar surface area (TPSA) is 56.1 Å². The van der Waals surface area contributed by atoms with Gasteiger partial charge < -0.3 is 10.1 Å². The first-order valence-corrected chi connectivity index (χ1v) is 10.2. The Labute approximate surface area is 170 Å². The first-order valence-electron chi connectivity index (χ1n) is 8.62. The van der Waals surface area contributed by atoms with Crippen molar-refractivity contribution in [1.29, 1.82) is 0 Å². The van der Waals surface area contributed by atoms with Gasteiger partial charge in [-0.05, 0) is 36.4 Å². The molecule has 1 amide bonds. The second-order valence-corrected chi connectivity index (χ2v) is 7.69. The summed E-state index contributed by atoms with van der Waals surface area (Å²) in [6.07, 6.45) is -0.152. The van der Waals surface area contributed by atoms with Crippen LogP contribution in [0.1, 0.15) is 16.8 Å². The van der Waals surface area contributed by atoms with E-state index in [2.05, 4.69) is 10.4 Å². The number of thioether (sulfide) groups is 1. The van der Waals surface area contributed by atoms with Gasteiger partial charge in [-0.3, -0.25) is 4.79 Å². The van der Waals surface area contributed by atoms with E-state index in [0.717, 1.165) is 34.2 Å². The second-order valence-electron chi connectivity index (χ2n) is 6.30. The fourth-order valence-electron chi connectivity index (χ4n) is 3.09. The Hall–Kier alpha value is -2.51. The SMILES string of the molecule is COc1ccc(-n2nc3c(c2NC(=O)Cc2c(F)cccc2Cl)CSC3)cc1. The minimum absolute atomic E-state index is 0.152. The molecule has 4 rings (SSSR count). The van der Waals surface area contributed by atoms with Crippen LogP contribution in [0.2, 0.25) is 5.02 Å². The lowest BCUT2D eigenvalue weighted by Gasteiger charge is -2.12. The van der Waals surface area contributed by atoms with Crippen LogP contribution >= 0.6 is 23.4 Å². The lowest BCUT2D eigenvalue weighted by molar-refractivity contribution is -0.115. The summed E-state index contributed by atoms with van der Waals surface area (Å²) in [5, 5.41) is 7.80. The van der Waals surface area contributed by atoms with E-state index in [1.165, 1.54) is 12.1 Å². The Morgan fingerprint density at radius 2 is 2.07 bits per heavy atom. The maximum absolute atomic E-state index is 14.0. The first kappa shape index (κ1) is 18.8. The quantitative estimate of drug-likeness (QED) is 0.659. The Morgan fingerprint density at radius 3 is 2.79 bits per heavy atom. The van der Waals surface area contributed by atoms with Crippen molar-refractivity contribution in [3.8, 4) is 11.4 Å². The number of rotatable bonds is 5. The van der Waals surface area contributed by atoms with Crippen LogP contribution in [0.15, 0.2) is 42.5 Å². The number of hydrogen-bond acceptors (Lipinski definition) is 4. The van der Waals surface area contributed by atoms with Crippen LogP contribution < -0.4 is 10.1 Å². The summed E-state index contributed by atoms with van der Waals surface area (Å²) < 4.78 is 20.9. The third-order valence-corrected chi connectivity index (χ3v) is 5.85.